The number of imidazole rings is 1. The van der Waals surface area contributed by atoms with E-state index < -0.39 is 37.7 Å². The maximum atomic E-state index is 11.9. The van der Waals surface area contributed by atoms with Crippen LogP contribution in [0.4, 0.5) is 5.95 Å². The van der Waals surface area contributed by atoms with Gasteiger partial charge < -0.3 is 20.1 Å². The molecule has 0 aliphatic carbocycles. The number of H-pyrrole nitrogens is 1. The lowest BCUT2D eigenvalue weighted by Gasteiger charge is -2.29. The molecule has 0 radical (unpaired) electrons. The third-order valence-corrected chi connectivity index (χ3v) is 5.07. The van der Waals surface area contributed by atoms with Crippen LogP contribution in [-0.4, -0.2) is 56.2 Å². The van der Waals surface area contributed by atoms with Crippen LogP contribution in [-0.2, 0) is 18.3 Å². The van der Waals surface area contributed by atoms with Crippen LogP contribution >= 0.6 is 7.60 Å². The summed E-state index contributed by atoms with van der Waals surface area (Å²) in [6, 6.07) is 0. The predicted molar refractivity (Wildman–Crippen MR) is 76.8 cm³/mol. The fourth-order valence-electron chi connectivity index (χ4n) is 2.80. The molecule has 2 aliphatic rings. The number of hydrogen-bond donors (Lipinski definition) is 3. The molecule has 11 nitrogen and oxygen atoms in total. The van der Waals surface area contributed by atoms with Crippen molar-refractivity contribution in [2.45, 2.75) is 24.5 Å². The molecule has 12 heteroatoms. The zero-order chi connectivity index (χ0) is 16.4. The Bertz CT molecular complexity index is 879. The third-order valence-electron chi connectivity index (χ3n) is 3.82. The van der Waals surface area contributed by atoms with Gasteiger partial charge in [-0.1, -0.05) is 0 Å². The van der Waals surface area contributed by atoms with Crippen LogP contribution in [0.5, 0.6) is 0 Å². The zero-order valence-electron chi connectivity index (χ0n) is 11.9. The molecule has 4 heterocycles. The first-order chi connectivity index (χ1) is 10.9. The highest BCUT2D eigenvalue weighted by Gasteiger charge is 2.51. The quantitative estimate of drug-likeness (QED) is 0.564. The molecule has 124 valence electrons. The number of aliphatic hydroxyl groups is 1. The molecular weight excluding hydrogens is 329 g/mol. The van der Waals surface area contributed by atoms with E-state index in [1.807, 2.05) is 0 Å². The molecule has 23 heavy (non-hydrogen) atoms. The van der Waals surface area contributed by atoms with Crippen LogP contribution in [0.25, 0.3) is 11.2 Å². The monoisotopic (exact) mass is 343 g/mol. The number of nitrogens with two attached hydrogens (primary N) is 1. The Balaban J connectivity index is 1.75. The lowest BCUT2D eigenvalue weighted by Crippen LogP contribution is -2.39. The summed E-state index contributed by atoms with van der Waals surface area (Å²) in [5.41, 5.74) is 5.30. The Kier molecular flexibility index (Phi) is 3.12. The molecule has 0 aromatic carbocycles. The van der Waals surface area contributed by atoms with Gasteiger partial charge in [0.1, 0.15) is 18.3 Å². The summed E-state index contributed by atoms with van der Waals surface area (Å²) in [4.78, 5) is 22.1. The molecule has 0 saturated carbocycles. The van der Waals surface area contributed by atoms with E-state index in [4.69, 9.17) is 19.5 Å². The van der Waals surface area contributed by atoms with Crippen molar-refractivity contribution in [3.8, 4) is 0 Å². The standard InChI is InChI=1S/C11H14N5O6P/c1-23(19)20-2-4-7(22-23)6(17)10(21-4)16-3-13-5-8(16)14-11(12)15-9(5)18/h3-4,6-7,10,17H,2H2,1H3,(H3,12,14,15,18)/t4-,6-,7-,10-,23?/m1/s1. The summed E-state index contributed by atoms with van der Waals surface area (Å²) in [6.07, 6.45) is -2.11. The van der Waals surface area contributed by atoms with Gasteiger partial charge in [0.25, 0.3) is 5.56 Å². The first-order valence-electron chi connectivity index (χ1n) is 6.82. The van der Waals surface area contributed by atoms with E-state index in [0.717, 1.165) is 0 Å². The Morgan fingerprint density at radius 3 is 3.13 bits per heavy atom. The molecule has 2 aromatic rings. The van der Waals surface area contributed by atoms with Gasteiger partial charge in [0, 0.05) is 6.66 Å². The van der Waals surface area contributed by atoms with Crippen molar-refractivity contribution in [1.82, 2.24) is 19.5 Å². The molecule has 0 amide bonds. The largest absolute Gasteiger partial charge is 0.386 e. The van der Waals surface area contributed by atoms with Gasteiger partial charge in [-0.05, 0) is 0 Å². The molecule has 0 bridgehead atoms. The normalized spacial score (nSPS) is 37.1. The summed E-state index contributed by atoms with van der Waals surface area (Å²) in [6.45, 7) is 1.37. The number of aliphatic hydroxyl groups excluding tert-OH is 1. The minimum absolute atomic E-state index is 0.0365. The van der Waals surface area contributed by atoms with E-state index in [1.54, 1.807) is 0 Å². The molecule has 2 saturated heterocycles. The van der Waals surface area contributed by atoms with Crippen LogP contribution in [0.2, 0.25) is 0 Å². The first kappa shape index (κ1) is 14.8. The van der Waals surface area contributed by atoms with Gasteiger partial charge in [0.2, 0.25) is 5.95 Å². The fourth-order valence-corrected chi connectivity index (χ4v) is 3.98. The number of aromatic nitrogens is 4. The van der Waals surface area contributed by atoms with Gasteiger partial charge in [-0.3, -0.25) is 23.4 Å². The number of rotatable bonds is 1. The number of nitrogens with one attached hydrogen (secondary N) is 1. The smallest absolute Gasteiger partial charge is 0.328 e. The van der Waals surface area contributed by atoms with E-state index in [2.05, 4.69) is 15.0 Å². The lowest BCUT2D eigenvalue weighted by atomic mass is 10.1. The third kappa shape index (κ3) is 2.28. The van der Waals surface area contributed by atoms with E-state index >= 15 is 0 Å². The average molecular weight is 343 g/mol. The number of nitrogens with zero attached hydrogens (tertiary/aromatic N) is 3. The lowest BCUT2D eigenvalue weighted by molar-refractivity contribution is -0.0578. The summed E-state index contributed by atoms with van der Waals surface area (Å²) in [7, 11) is -3.22. The number of nitrogen functional groups attached to an aromatic ring is 1. The molecule has 1 unspecified atom stereocenters. The van der Waals surface area contributed by atoms with Gasteiger partial charge in [0.05, 0.1) is 12.9 Å². The number of hydrogen-bond acceptors (Lipinski definition) is 9. The van der Waals surface area contributed by atoms with Crippen molar-refractivity contribution in [1.29, 1.82) is 0 Å². The highest BCUT2D eigenvalue weighted by atomic mass is 31.2. The second kappa shape index (κ2) is 4.86. The minimum atomic E-state index is -3.22. The summed E-state index contributed by atoms with van der Waals surface area (Å²) >= 11 is 0. The van der Waals surface area contributed by atoms with E-state index in [0.29, 0.717) is 0 Å². The van der Waals surface area contributed by atoms with Crippen LogP contribution in [0.1, 0.15) is 6.23 Å². The minimum Gasteiger partial charge on any atom is -0.386 e. The van der Waals surface area contributed by atoms with Gasteiger partial charge in [-0.2, -0.15) is 4.98 Å². The average Bonchev–Trinajstić information content (AvgIpc) is 3.00. The van der Waals surface area contributed by atoms with E-state index in [9.17, 15) is 14.5 Å². The van der Waals surface area contributed by atoms with Crippen molar-refractivity contribution in [3.63, 3.8) is 0 Å². The molecule has 2 fully saturated rings. The highest BCUT2D eigenvalue weighted by Crippen LogP contribution is 2.52. The molecule has 0 spiro atoms. The molecule has 5 atom stereocenters. The van der Waals surface area contributed by atoms with Crippen LogP contribution < -0.4 is 11.3 Å². The van der Waals surface area contributed by atoms with Gasteiger partial charge >= 0.3 is 7.60 Å². The maximum Gasteiger partial charge on any atom is 0.328 e. The van der Waals surface area contributed by atoms with E-state index in [-0.39, 0.29) is 23.7 Å². The van der Waals surface area contributed by atoms with Crippen molar-refractivity contribution >= 4 is 24.7 Å². The molecule has 2 aromatic heterocycles. The Hall–Kier alpha value is -1.78. The molecule has 4 rings (SSSR count). The Morgan fingerprint density at radius 1 is 1.57 bits per heavy atom. The Morgan fingerprint density at radius 2 is 2.35 bits per heavy atom. The van der Waals surface area contributed by atoms with Crippen LogP contribution in [0.3, 0.4) is 0 Å². The Labute approximate surface area is 128 Å². The van der Waals surface area contributed by atoms with Crippen molar-refractivity contribution in [3.05, 3.63) is 16.7 Å². The number of aromatic amines is 1. The topological polar surface area (TPSA) is 155 Å². The van der Waals surface area contributed by atoms with Gasteiger partial charge in [-0.15, -0.1) is 0 Å². The number of fused-ring (bicyclic) bond motifs is 2. The van der Waals surface area contributed by atoms with Crippen LogP contribution in [0.15, 0.2) is 11.1 Å². The van der Waals surface area contributed by atoms with Crippen molar-refractivity contribution in [2.75, 3.05) is 19.0 Å². The maximum absolute atomic E-state index is 11.9. The van der Waals surface area contributed by atoms with E-state index in [1.165, 1.54) is 17.6 Å². The summed E-state index contributed by atoms with van der Waals surface area (Å²) < 4.78 is 29.4. The molecule has 4 N–H and O–H groups in total. The van der Waals surface area contributed by atoms with Crippen molar-refractivity contribution in [2.24, 2.45) is 0 Å². The second-order valence-corrected chi connectivity index (χ2v) is 7.48. The summed E-state index contributed by atoms with van der Waals surface area (Å²) in [5, 5.41) is 10.5. The first-order valence-corrected chi connectivity index (χ1v) is 8.81. The SMILES string of the molecule is CP1(=O)OC[C@H]2O[C@@H](n3cnc4c(=O)[nH]c(N)nc43)[C@H](O)[C@@H]2O1. The number of anilines is 1. The fraction of sp³-hybridized carbons (Fsp3) is 0.545. The predicted octanol–water partition coefficient (Wildman–Crippen LogP) is -0.802. The molecular formula is C11H14N5O6P. The van der Waals surface area contributed by atoms with Gasteiger partial charge in [0.15, 0.2) is 17.4 Å². The van der Waals surface area contributed by atoms with Gasteiger partial charge in [-0.25, -0.2) is 4.98 Å². The number of ether oxygens (including phenoxy) is 1. The zero-order valence-corrected chi connectivity index (χ0v) is 12.8. The second-order valence-electron chi connectivity index (χ2n) is 5.47. The summed E-state index contributed by atoms with van der Waals surface area (Å²) in [5.74, 6) is -0.0770. The van der Waals surface area contributed by atoms with Crippen LogP contribution in [0, 0.1) is 0 Å². The van der Waals surface area contributed by atoms with Crippen molar-refractivity contribution < 1.29 is 23.5 Å². The molecule has 2 aliphatic heterocycles. The highest BCUT2D eigenvalue weighted by molar-refractivity contribution is 7.53.